The van der Waals surface area contributed by atoms with Crippen LogP contribution in [0.25, 0.3) is 0 Å². The molecule has 1 aromatic rings. The summed E-state index contributed by atoms with van der Waals surface area (Å²) in [7, 11) is 0. The van der Waals surface area contributed by atoms with Gasteiger partial charge in [0, 0.05) is 0 Å². The lowest BCUT2D eigenvalue weighted by Gasteiger charge is -2.04. The highest BCUT2D eigenvalue weighted by Gasteiger charge is 1.94. The summed E-state index contributed by atoms with van der Waals surface area (Å²) in [5.41, 5.74) is 2.41. The lowest BCUT2D eigenvalue weighted by atomic mass is 10.1. The smallest absolute Gasteiger partial charge is 0.107 e. The molecule has 0 saturated heterocycles. The van der Waals surface area contributed by atoms with Crippen LogP contribution < -0.4 is 0 Å². The van der Waals surface area contributed by atoms with E-state index in [2.05, 4.69) is 26.0 Å². The van der Waals surface area contributed by atoms with Gasteiger partial charge in [-0.2, -0.15) is 0 Å². The van der Waals surface area contributed by atoms with Gasteiger partial charge in [0.2, 0.25) is 0 Å². The minimum Gasteiger partial charge on any atom is -0.236 e. The summed E-state index contributed by atoms with van der Waals surface area (Å²) in [6.45, 7) is 5.52. The van der Waals surface area contributed by atoms with Crippen LogP contribution in [0.2, 0.25) is 0 Å². The zero-order chi connectivity index (χ0) is 11.6. The monoisotopic (exact) mass is 222 g/mol. The van der Waals surface area contributed by atoms with Crippen LogP contribution >= 0.6 is 0 Å². The maximum Gasteiger partial charge on any atom is 0.107 e. The molecule has 0 aliphatic rings. The zero-order valence-corrected chi connectivity index (χ0v) is 10.4. The molecule has 0 aliphatic heterocycles. The molecule has 0 aliphatic carbocycles. The fourth-order valence-corrected chi connectivity index (χ4v) is 1.56. The molecule has 0 unspecified atom stereocenters. The Morgan fingerprint density at radius 3 is 2.69 bits per heavy atom. The molecule has 1 rings (SSSR count). The normalized spacial score (nSPS) is 10.6. The van der Waals surface area contributed by atoms with Crippen molar-refractivity contribution in [3.63, 3.8) is 0 Å². The van der Waals surface area contributed by atoms with E-state index in [1.54, 1.807) is 0 Å². The molecule has 1 aromatic carbocycles. The van der Waals surface area contributed by atoms with Crippen molar-refractivity contribution in [2.75, 3.05) is 6.61 Å². The quantitative estimate of drug-likeness (QED) is 0.375. The summed E-state index contributed by atoms with van der Waals surface area (Å²) in [5, 5.41) is 0. The van der Waals surface area contributed by atoms with Crippen LogP contribution in [0.1, 0.15) is 43.7 Å². The fourth-order valence-electron chi connectivity index (χ4n) is 1.56. The molecule has 0 bridgehead atoms. The van der Waals surface area contributed by atoms with Gasteiger partial charge in [-0.05, 0) is 18.9 Å². The molecule has 0 aromatic heterocycles. The molecule has 2 nitrogen and oxygen atoms in total. The Labute approximate surface area is 98.5 Å². The van der Waals surface area contributed by atoms with Gasteiger partial charge in [-0.15, -0.1) is 0 Å². The minimum atomic E-state index is 0.537. The van der Waals surface area contributed by atoms with Gasteiger partial charge in [-0.3, -0.25) is 0 Å². The lowest BCUT2D eigenvalue weighted by molar-refractivity contribution is -0.304. The van der Waals surface area contributed by atoms with Crippen LogP contribution in [0.4, 0.5) is 0 Å². The number of hydrogen-bond acceptors (Lipinski definition) is 2. The van der Waals surface area contributed by atoms with Gasteiger partial charge in [0.25, 0.3) is 0 Å². The Morgan fingerprint density at radius 1 is 1.06 bits per heavy atom. The Morgan fingerprint density at radius 2 is 1.94 bits per heavy atom. The van der Waals surface area contributed by atoms with E-state index in [-0.39, 0.29) is 0 Å². The van der Waals surface area contributed by atoms with E-state index in [0.717, 1.165) is 12.0 Å². The van der Waals surface area contributed by atoms with Gasteiger partial charge in [0.05, 0.1) is 6.61 Å². The van der Waals surface area contributed by atoms with Gasteiger partial charge in [0.1, 0.15) is 6.61 Å². The molecular weight excluding hydrogens is 200 g/mol. The highest BCUT2D eigenvalue weighted by molar-refractivity contribution is 5.21. The van der Waals surface area contributed by atoms with Crippen LogP contribution in [0.15, 0.2) is 24.3 Å². The minimum absolute atomic E-state index is 0.537. The predicted molar refractivity (Wildman–Crippen MR) is 66.1 cm³/mol. The van der Waals surface area contributed by atoms with Crippen molar-refractivity contribution in [1.29, 1.82) is 0 Å². The first-order valence-electron chi connectivity index (χ1n) is 6.13. The molecule has 0 heterocycles. The number of unbranched alkanes of at least 4 members (excludes halogenated alkanes) is 3. The second-order valence-electron chi connectivity index (χ2n) is 4.13. The third kappa shape index (κ3) is 5.89. The summed E-state index contributed by atoms with van der Waals surface area (Å²) in [5.74, 6) is 0. The third-order valence-corrected chi connectivity index (χ3v) is 2.47. The standard InChI is InChI=1S/C14H22O2/c1-3-4-5-6-10-15-16-12-14-9-7-8-13(2)11-14/h7-9,11H,3-6,10,12H2,1-2H3. The Kier molecular flexibility index (Phi) is 6.86. The molecular formula is C14H22O2. The summed E-state index contributed by atoms with van der Waals surface area (Å²) in [4.78, 5) is 10.3. The summed E-state index contributed by atoms with van der Waals surface area (Å²) < 4.78 is 0. The predicted octanol–water partition coefficient (Wildman–Crippen LogP) is 4.02. The molecule has 0 fully saturated rings. The fraction of sp³-hybridized carbons (Fsp3) is 0.571. The lowest BCUT2D eigenvalue weighted by Crippen LogP contribution is -1.97. The maximum atomic E-state index is 5.15. The van der Waals surface area contributed by atoms with Gasteiger partial charge >= 0.3 is 0 Å². The first-order chi connectivity index (χ1) is 7.83. The molecule has 0 spiro atoms. The second-order valence-corrected chi connectivity index (χ2v) is 4.13. The molecule has 90 valence electrons. The summed E-state index contributed by atoms with van der Waals surface area (Å²) in [6.07, 6.45) is 4.84. The van der Waals surface area contributed by atoms with Crippen molar-refractivity contribution in [1.82, 2.24) is 0 Å². The molecule has 0 radical (unpaired) electrons. The van der Waals surface area contributed by atoms with Crippen LogP contribution in [0, 0.1) is 6.92 Å². The van der Waals surface area contributed by atoms with Gasteiger partial charge in [-0.25, -0.2) is 9.78 Å². The van der Waals surface area contributed by atoms with Crippen molar-refractivity contribution in [3.05, 3.63) is 35.4 Å². The first kappa shape index (κ1) is 13.2. The van der Waals surface area contributed by atoms with Gasteiger partial charge in [0.15, 0.2) is 0 Å². The van der Waals surface area contributed by atoms with E-state index in [1.165, 1.54) is 24.8 Å². The van der Waals surface area contributed by atoms with E-state index in [1.807, 2.05) is 12.1 Å². The topological polar surface area (TPSA) is 18.5 Å². The Balaban J connectivity index is 2.03. The molecule has 2 heteroatoms. The Bertz CT molecular complexity index is 284. The van der Waals surface area contributed by atoms with Gasteiger partial charge < -0.3 is 0 Å². The average Bonchev–Trinajstić information content (AvgIpc) is 2.28. The maximum absolute atomic E-state index is 5.15. The first-order valence-corrected chi connectivity index (χ1v) is 6.13. The SMILES string of the molecule is CCCCCCOOCc1cccc(C)c1. The number of benzene rings is 1. The number of rotatable bonds is 8. The third-order valence-electron chi connectivity index (χ3n) is 2.47. The van der Waals surface area contributed by atoms with Crippen LogP contribution in [0.5, 0.6) is 0 Å². The van der Waals surface area contributed by atoms with Gasteiger partial charge in [-0.1, -0.05) is 56.0 Å². The van der Waals surface area contributed by atoms with Crippen LogP contribution in [0.3, 0.4) is 0 Å². The Hall–Kier alpha value is -0.860. The van der Waals surface area contributed by atoms with Crippen LogP contribution in [-0.2, 0) is 16.4 Å². The summed E-state index contributed by atoms with van der Waals surface area (Å²) >= 11 is 0. The molecule has 0 N–H and O–H groups in total. The van der Waals surface area contributed by atoms with E-state index in [9.17, 15) is 0 Å². The largest absolute Gasteiger partial charge is 0.236 e. The van der Waals surface area contributed by atoms with Crippen molar-refractivity contribution >= 4 is 0 Å². The average molecular weight is 222 g/mol. The van der Waals surface area contributed by atoms with Crippen molar-refractivity contribution in [2.24, 2.45) is 0 Å². The van der Waals surface area contributed by atoms with Crippen LogP contribution in [-0.4, -0.2) is 6.61 Å². The molecule has 0 amide bonds. The number of hydrogen-bond donors (Lipinski definition) is 0. The van der Waals surface area contributed by atoms with Crippen molar-refractivity contribution < 1.29 is 9.78 Å². The molecule has 16 heavy (non-hydrogen) atoms. The zero-order valence-electron chi connectivity index (χ0n) is 10.4. The molecule has 0 atom stereocenters. The highest BCUT2D eigenvalue weighted by Crippen LogP contribution is 2.06. The van der Waals surface area contributed by atoms with E-state index >= 15 is 0 Å². The van der Waals surface area contributed by atoms with E-state index < -0.39 is 0 Å². The van der Waals surface area contributed by atoms with E-state index in [0.29, 0.717) is 13.2 Å². The highest BCUT2D eigenvalue weighted by atomic mass is 17.2. The second kappa shape index (κ2) is 8.31. The summed E-state index contributed by atoms with van der Waals surface area (Å²) in [6, 6.07) is 8.28. The van der Waals surface area contributed by atoms with E-state index in [4.69, 9.17) is 9.78 Å². The van der Waals surface area contributed by atoms with Crippen molar-refractivity contribution in [3.8, 4) is 0 Å². The van der Waals surface area contributed by atoms with Crippen molar-refractivity contribution in [2.45, 2.75) is 46.1 Å². The number of aryl methyl sites for hydroxylation is 1. The molecule has 0 saturated carbocycles.